The molecule has 2 heterocycles. The van der Waals surface area contributed by atoms with Crippen LogP contribution in [0.25, 0.3) is 0 Å². The molecule has 0 aliphatic heterocycles. The predicted octanol–water partition coefficient (Wildman–Crippen LogP) is 4.58. The van der Waals surface area contributed by atoms with Crippen molar-refractivity contribution in [2.75, 3.05) is 29.0 Å². The van der Waals surface area contributed by atoms with Gasteiger partial charge in [-0.15, -0.1) is 0 Å². The summed E-state index contributed by atoms with van der Waals surface area (Å²) in [6, 6.07) is 15.7. The van der Waals surface area contributed by atoms with Gasteiger partial charge in [0, 0.05) is 74.1 Å². The molecule has 5 N–H and O–H groups in total. The van der Waals surface area contributed by atoms with Crippen LogP contribution >= 0.6 is 0 Å². The summed E-state index contributed by atoms with van der Waals surface area (Å²) < 4.78 is 4.12. The molecule has 0 atom stereocenters. The molecular weight excluding hydrogens is 502 g/mol. The number of rotatable bonds is 13. The van der Waals surface area contributed by atoms with Crippen molar-refractivity contribution in [2.45, 2.75) is 25.9 Å². The Balaban J connectivity index is 1.14. The van der Waals surface area contributed by atoms with Crippen LogP contribution in [0.3, 0.4) is 0 Å². The zero-order valence-corrected chi connectivity index (χ0v) is 22.2. The van der Waals surface area contributed by atoms with Gasteiger partial charge in [0.05, 0.1) is 35.4 Å². The van der Waals surface area contributed by atoms with Gasteiger partial charge < -0.3 is 30.8 Å². The van der Waals surface area contributed by atoms with E-state index in [1.54, 1.807) is 18.5 Å². The van der Waals surface area contributed by atoms with E-state index in [2.05, 4.69) is 40.0 Å². The minimum Gasteiger partial charge on any atom is -0.397 e. The molecule has 0 bridgehead atoms. The summed E-state index contributed by atoms with van der Waals surface area (Å²) in [5.74, 6) is -0.187. The number of aromatic nitrogens is 4. The van der Waals surface area contributed by atoms with Crippen molar-refractivity contribution >= 4 is 34.2 Å². The molecule has 1 aliphatic carbocycles. The third kappa shape index (κ3) is 7.47. The van der Waals surface area contributed by atoms with Gasteiger partial charge in [-0.25, -0.2) is 15.0 Å². The van der Waals surface area contributed by atoms with E-state index < -0.39 is 0 Å². The highest BCUT2D eigenvalue weighted by Crippen LogP contribution is 2.21. The van der Waals surface area contributed by atoms with Crippen LogP contribution in [0.1, 0.15) is 12.8 Å². The Labute approximate surface area is 233 Å². The smallest absolute Gasteiger partial charge is 0.204 e. The maximum absolute atomic E-state index is 12.6. The van der Waals surface area contributed by atoms with E-state index in [0.717, 1.165) is 61.8 Å². The van der Waals surface area contributed by atoms with Gasteiger partial charge in [-0.2, -0.15) is 0 Å². The number of allylic oxidation sites excluding steroid dienone is 2. The molecule has 4 aromatic rings. The molecule has 10 heteroatoms. The summed E-state index contributed by atoms with van der Waals surface area (Å²) in [4.78, 5) is 25.4. The van der Waals surface area contributed by atoms with Crippen molar-refractivity contribution in [1.82, 2.24) is 19.1 Å². The Morgan fingerprint density at radius 2 is 1.30 bits per heavy atom. The molecule has 2 aromatic carbocycles. The molecule has 0 spiro atoms. The molecule has 1 aliphatic rings. The molecule has 0 fully saturated rings. The summed E-state index contributed by atoms with van der Waals surface area (Å²) >= 11 is 0. The number of benzene rings is 2. The second-order valence-electron chi connectivity index (χ2n) is 9.43. The van der Waals surface area contributed by atoms with Crippen LogP contribution in [-0.2, 0) is 17.9 Å². The number of aliphatic imine (C=N–C) groups is 1. The van der Waals surface area contributed by atoms with Gasteiger partial charge in [-0.1, -0.05) is 0 Å². The van der Waals surface area contributed by atoms with Crippen molar-refractivity contribution in [1.29, 1.82) is 0 Å². The van der Waals surface area contributed by atoms with Crippen LogP contribution < -0.4 is 21.7 Å². The number of hydrogen-bond acceptors (Lipinski definition) is 8. The number of nitrogens with zero attached hydrogens (tertiary/aromatic N) is 5. The molecule has 5 rings (SSSR count). The van der Waals surface area contributed by atoms with E-state index in [0.29, 0.717) is 17.1 Å². The first-order chi connectivity index (χ1) is 19.6. The number of carbonyl (C=O) groups is 1. The number of nitrogens with two attached hydrogens (primary N) is 1. The molecule has 0 saturated heterocycles. The van der Waals surface area contributed by atoms with Gasteiger partial charge >= 0.3 is 0 Å². The topological polar surface area (TPSA) is 127 Å². The van der Waals surface area contributed by atoms with E-state index in [1.165, 1.54) is 6.08 Å². The molecule has 0 amide bonds. The third-order valence-electron chi connectivity index (χ3n) is 6.37. The molecule has 0 saturated carbocycles. The normalized spacial score (nSPS) is 14.1. The Hall–Kier alpha value is -5.12. The second kappa shape index (κ2) is 13.1. The summed E-state index contributed by atoms with van der Waals surface area (Å²) in [6.45, 7) is 3.53. The first kappa shape index (κ1) is 26.5. The Kier molecular flexibility index (Phi) is 8.67. The first-order valence-electron chi connectivity index (χ1n) is 13.3. The number of aryl methyl sites for hydroxylation is 2. The number of nitrogens with one attached hydrogen (secondary N) is 3. The number of imidazole rings is 2. The number of hydrogen-bond donors (Lipinski definition) is 4. The standard InChI is InChI=1S/C30H33N9O/c31-27-19-30(40)29(37-26-9-5-24(6-10-26)35-12-2-16-39-18-14-33-22-39)20-28(27)36-25-7-3-23(4-8-25)34-11-1-15-38-17-13-32-21-38/h3-10,13-14,17-22,34-35,37H,1-2,11-12,15-16,31H2/b36-28+. The minimum atomic E-state index is -0.187. The van der Waals surface area contributed by atoms with Gasteiger partial charge in [0.1, 0.15) is 0 Å². The first-order valence-corrected chi connectivity index (χ1v) is 13.3. The monoisotopic (exact) mass is 535 g/mol. The van der Waals surface area contributed by atoms with Crippen molar-refractivity contribution in [3.05, 3.63) is 110 Å². The van der Waals surface area contributed by atoms with E-state index in [-0.39, 0.29) is 5.78 Å². The van der Waals surface area contributed by atoms with Crippen LogP contribution in [-0.4, -0.2) is 43.7 Å². The van der Waals surface area contributed by atoms with E-state index >= 15 is 0 Å². The van der Waals surface area contributed by atoms with Gasteiger partial charge in [0.15, 0.2) is 0 Å². The summed E-state index contributed by atoms with van der Waals surface area (Å²) in [7, 11) is 0. The lowest BCUT2D eigenvalue weighted by Crippen LogP contribution is -2.22. The number of anilines is 3. The van der Waals surface area contributed by atoms with Crippen LogP contribution in [0.2, 0.25) is 0 Å². The Bertz CT molecular complexity index is 1470. The average Bonchev–Trinajstić information content (AvgIpc) is 3.68. The van der Waals surface area contributed by atoms with Crippen molar-refractivity contribution in [3.8, 4) is 0 Å². The zero-order chi connectivity index (χ0) is 27.6. The summed E-state index contributed by atoms with van der Waals surface area (Å²) in [5.41, 5.74) is 11.0. The van der Waals surface area contributed by atoms with Crippen molar-refractivity contribution < 1.29 is 4.79 Å². The quantitative estimate of drug-likeness (QED) is 0.146. The summed E-state index contributed by atoms with van der Waals surface area (Å²) in [5, 5.41) is 10.0. The highest BCUT2D eigenvalue weighted by Gasteiger charge is 2.17. The fourth-order valence-electron chi connectivity index (χ4n) is 4.23. The highest BCUT2D eigenvalue weighted by molar-refractivity contribution is 6.23. The minimum absolute atomic E-state index is 0.187. The van der Waals surface area contributed by atoms with E-state index in [1.807, 2.05) is 73.6 Å². The number of carbonyl (C=O) groups excluding carboxylic acids is 1. The van der Waals surface area contributed by atoms with Crippen molar-refractivity contribution in [2.24, 2.45) is 10.7 Å². The van der Waals surface area contributed by atoms with Gasteiger partial charge in [-0.3, -0.25) is 4.79 Å². The van der Waals surface area contributed by atoms with E-state index in [4.69, 9.17) is 5.73 Å². The van der Waals surface area contributed by atoms with Crippen LogP contribution in [0.15, 0.2) is 115 Å². The third-order valence-corrected chi connectivity index (χ3v) is 6.37. The van der Waals surface area contributed by atoms with Crippen LogP contribution in [0, 0.1) is 0 Å². The highest BCUT2D eigenvalue weighted by atomic mass is 16.1. The zero-order valence-electron chi connectivity index (χ0n) is 22.2. The SMILES string of the molecule is NC1=CC(=O)C(Nc2ccc(NCCCn3ccnc3)cc2)=C/C1=N\c1ccc(NCCCn2ccnc2)cc1. The van der Waals surface area contributed by atoms with Crippen LogP contribution in [0.4, 0.5) is 22.7 Å². The maximum Gasteiger partial charge on any atom is 0.204 e. The predicted molar refractivity (Wildman–Crippen MR) is 160 cm³/mol. The second-order valence-corrected chi connectivity index (χ2v) is 9.43. The molecule has 204 valence electrons. The fraction of sp³-hybridized carbons (Fsp3) is 0.200. The lowest BCUT2D eigenvalue weighted by molar-refractivity contribution is -0.111. The molecule has 2 aromatic heterocycles. The van der Waals surface area contributed by atoms with Crippen molar-refractivity contribution in [3.63, 3.8) is 0 Å². The molecular formula is C30H33N9O. The lowest BCUT2D eigenvalue weighted by Gasteiger charge is -2.15. The molecule has 40 heavy (non-hydrogen) atoms. The average molecular weight is 536 g/mol. The molecule has 10 nitrogen and oxygen atoms in total. The Morgan fingerprint density at radius 1 is 0.750 bits per heavy atom. The molecule has 0 unspecified atom stereocenters. The van der Waals surface area contributed by atoms with Gasteiger partial charge in [0.2, 0.25) is 5.78 Å². The lowest BCUT2D eigenvalue weighted by atomic mass is 10.1. The largest absolute Gasteiger partial charge is 0.397 e. The number of ketones is 1. The van der Waals surface area contributed by atoms with Gasteiger partial charge in [0.25, 0.3) is 0 Å². The maximum atomic E-state index is 12.6. The van der Waals surface area contributed by atoms with Crippen LogP contribution in [0.5, 0.6) is 0 Å². The Morgan fingerprint density at radius 3 is 1.85 bits per heavy atom. The van der Waals surface area contributed by atoms with E-state index in [9.17, 15) is 4.79 Å². The summed E-state index contributed by atoms with van der Waals surface area (Å²) in [6.07, 6.45) is 16.2. The molecule has 0 radical (unpaired) electrons. The van der Waals surface area contributed by atoms with Gasteiger partial charge in [-0.05, 0) is 67.4 Å². The fourth-order valence-corrected chi connectivity index (χ4v) is 4.23.